The van der Waals surface area contributed by atoms with Crippen molar-refractivity contribution in [3.63, 3.8) is 0 Å². The van der Waals surface area contributed by atoms with E-state index < -0.39 is 23.2 Å². The van der Waals surface area contributed by atoms with Crippen LogP contribution in [0.3, 0.4) is 0 Å². The molecule has 0 aliphatic rings. The van der Waals surface area contributed by atoms with Crippen LogP contribution in [0.25, 0.3) is 0 Å². The largest absolute Gasteiger partial charge is 0.465 e. The number of carbonyl (C=O) groups is 1. The van der Waals surface area contributed by atoms with E-state index in [1.807, 2.05) is 0 Å². The maximum Gasteiger partial charge on any atom is 0.340 e. The Hall–Kier alpha value is -1.69. The van der Waals surface area contributed by atoms with Crippen molar-refractivity contribution in [1.82, 2.24) is 5.01 Å². The third kappa shape index (κ3) is 2.46. The zero-order chi connectivity index (χ0) is 12.3. The fourth-order valence-electron chi connectivity index (χ4n) is 1.14. The highest BCUT2D eigenvalue weighted by atomic mass is 19.2. The summed E-state index contributed by atoms with van der Waals surface area (Å²) in [5.41, 5.74) is 2.09. The van der Waals surface area contributed by atoms with Crippen LogP contribution in [0.1, 0.15) is 10.4 Å². The summed E-state index contributed by atoms with van der Waals surface area (Å²) in [5, 5.41) is 1.45. The molecule has 0 aliphatic carbocycles. The monoisotopic (exact) mass is 230 g/mol. The quantitative estimate of drug-likeness (QED) is 0.633. The van der Waals surface area contributed by atoms with Gasteiger partial charge in [0.25, 0.3) is 0 Å². The van der Waals surface area contributed by atoms with Crippen molar-refractivity contribution >= 4 is 11.7 Å². The second-order valence-electron chi connectivity index (χ2n) is 3.29. The molecule has 0 aromatic heterocycles. The van der Waals surface area contributed by atoms with E-state index >= 15 is 0 Å². The van der Waals surface area contributed by atoms with Crippen LogP contribution in [-0.4, -0.2) is 32.2 Å². The second kappa shape index (κ2) is 4.89. The normalized spacial score (nSPS) is 10.4. The minimum Gasteiger partial charge on any atom is -0.465 e. The zero-order valence-corrected chi connectivity index (χ0v) is 9.17. The molecule has 0 aliphatic heterocycles. The molecule has 1 aromatic carbocycles. The number of benzene rings is 1. The van der Waals surface area contributed by atoms with Gasteiger partial charge in [0, 0.05) is 14.1 Å². The molecular formula is C10H12F2N2O2. The first-order valence-electron chi connectivity index (χ1n) is 4.47. The van der Waals surface area contributed by atoms with Crippen LogP contribution in [0.2, 0.25) is 0 Å². The lowest BCUT2D eigenvalue weighted by Crippen LogP contribution is -2.21. The molecule has 1 aromatic rings. The second-order valence-corrected chi connectivity index (χ2v) is 3.29. The third-order valence-corrected chi connectivity index (χ3v) is 1.83. The summed E-state index contributed by atoms with van der Waals surface area (Å²) in [7, 11) is 4.36. The van der Waals surface area contributed by atoms with Crippen molar-refractivity contribution in [2.45, 2.75) is 0 Å². The van der Waals surface area contributed by atoms with Gasteiger partial charge >= 0.3 is 5.97 Å². The fourth-order valence-corrected chi connectivity index (χ4v) is 1.14. The lowest BCUT2D eigenvalue weighted by molar-refractivity contribution is 0.0594. The summed E-state index contributed by atoms with van der Waals surface area (Å²) in [6.45, 7) is 0. The molecule has 1 N–H and O–H groups in total. The van der Waals surface area contributed by atoms with Gasteiger partial charge in [-0.2, -0.15) is 0 Å². The van der Waals surface area contributed by atoms with Gasteiger partial charge in [0.1, 0.15) is 0 Å². The highest BCUT2D eigenvalue weighted by Crippen LogP contribution is 2.21. The zero-order valence-electron chi connectivity index (χ0n) is 9.17. The number of hydrazine groups is 1. The molecule has 4 nitrogen and oxygen atoms in total. The fraction of sp³-hybridized carbons (Fsp3) is 0.300. The van der Waals surface area contributed by atoms with Crippen LogP contribution in [0.4, 0.5) is 14.5 Å². The maximum absolute atomic E-state index is 13.4. The standard InChI is InChI=1S/C10H12F2N2O2/c1-14(2)13-7-5-4-6(10(15)16-3)8(11)9(7)12/h4-5,13H,1-3H3. The van der Waals surface area contributed by atoms with Crippen molar-refractivity contribution in [1.29, 1.82) is 0 Å². The summed E-state index contributed by atoms with van der Waals surface area (Å²) >= 11 is 0. The molecule has 0 unspecified atom stereocenters. The summed E-state index contributed by atoms with van der Waals surface area (Å²) < 4.78 is 31.2. The van der Waals surface area contributed by atoms with E-state index in [0.717, 1.165) is 13.2 Å². The molecule has 0 fully saturated rings. The topological polar surface area (TPSA) is 41.6 Å². The van der Waals surface area contributed by atoms with Crippen molar-refractivity contribution < 1.29 is 18.3 Å². The average Bonchev–Trinajstić information content (AvgIpc) is 2.23. The van der Waals surface area contributed by atoms with Crippen molar-refractivity contribution in [3.05, 3.63) is 29.3 Å². The van der Waals surface area contributed by atoms with Gasteiger partial charge in [-0.25, -0.2) is 18.6 Å². The molecule has 0 spiro atoms. The molecular weight excluding hydrogens is 218 g/mol. The number of ether oxygens (including phenoxy) is 1. The Kier molecular flexibility index (Phi) is 3.78. The molecule has 6 heteroatoms. The Morgan fingerprint density at radius 3 is 2.44 bits per heavy atom. The van der Waals surface area contributed by atoms with Crippen molar-refractivity contribution in [2.75, 3.05) is 26.6 Å². The summed E-state index contributed by atoms with van der Waals surface area (Å²) in [4.78, 5) is 11.1. The van der Waals surface area contributed by atoms with Crippen LogP contribution in [-0.2, 0) is 4.74 Å². The van der Waals surface area contributed by atoms with E-state index in [-0.39, 0.29) is 5.69 Å². The van der Waals surface area contributed by atoms with E-state index in [0.29, 0.717) is 0 Å². The number of hydrogen-bond acceptors (Lipinski definition) is 4. The molecule has 0 heterocycles. The molecule has 0 atom stereocenters. The maximum atomic E-state index is 13.4. The van der Waals surface area contributed by atoms with Gasteiger partial charge in [-0.1, -0.05) is 0 Å². The van der Waals surface area contributed by atoms with E-state index in [1.165, 1.54) is 11.1 Å². The molecule has 0 saturated heterocycles. The molecule has 0 radical (unpaired) electrons. The van der Waals surface area contributed by atoms with E-state index in [2.05, 4.69) is 10.2 Å². The molecule has 88 valence electrons. The minimum absolute atomic E-state index is 0.0462. The number of esters is 1. The molecule has 0 saturated carbocycles. The first kappa shape index (κ1) is 12.4. The van der Waals surface area contributed by atoms with E-state index in [4.69, 9.17) is 0 Å². The van der Waals surface area contributed by atoms with Crippen LogP contribution in [0.5, 0.6) is 0 Å². The average molecular weight is 230 g/mol. The Bertz CT molecular complexity index is 408. The number of anilines is 1. The summed E-state index contributed by atoms with van der Waals surface area (Å²) in [6, 6.07) is 2.43. The van der Waals surface area contributed by atoms with Gasteiger partial charge in [0.05, 0.1) is 18.4 Å². The number of nitrogens with zero attached hydrogens (tertiary/aromatic N) is 1. The lowest BCUT2D eigenvalue weighted by atomic mass is 10.2. The number of halogens is 2. The highest BCUT2D eigenvalue weighted by molar-refractivity contribution is 5.90. The summed E-state index contributed by atoms with van der Waals surface area (Å²) in [5.74, 6) is -3.25. The molecule has 0 bridgehead atoms. The van der Waals surface area contributed by atoms with E-state index in [1.54, 1.807) is 14.1 Å². The lowest BCUT2D eigenvalue weighted by Gasteiger charge is -2.14. The van der Waals surface area contributed by atoms with Crippen molar-refractivity contribution in [2.24, 2.45) is 0 Å². The molecule has 16 heavy (non-hydrogen) atoms. The van der Waals surface area contributed by atoms with Gasteiger partial charge in [-0.15, -0.1) is 0 Å². The molecule has 1 rings (SSSR count). The van der Waals surface area contributed by atoms with Gasteiger partial charge in [0.2, 0.25) is 0 Å². The minimum atomic E-state index is -1.22. The first-order chi connectivity index (χ1) is 7.47. The van der Waals surface area contributed by atoms with Gasteiger partial charge in [-0.3, -0.25) is 0 Å². The van der Waals surface area contributed by atoms with Crippen LogP contribution >= 0.6 is 0 Å². The Balaban J connectivity index is 3.13. The van der Waals surface area contributed by atoms with Crippen molar-refractivity contribution in [3.8, 4) is 0 Å². The van der Waals surface area contributed by atoms with Gasteiger partial charge in [0.15, 0.2) is 11.6 Å². The summed E-state index contributed by atoms with van der Waals surface area (Å²) in [6.07, 6.45) is 0. The smallest absolute Gasteiger partial charge is 0.340 e. The number of methoxy groups -OCH3 is 1. The number of rotatable bonds is 3. The molecule has 0 amide bonds. The predicted molar refractivity (Wildman–Crippen MR) is 55.0 cm³/mol. The number of carbonyl (C=O) groups excluding carboxylic acids is 1. The number of nitrogens with one attached hydrogen (secondary N) is 1. The van der Waals surface area contributed by atoms with Crippen LogP contribution in [0.15, 0.2) is 12.1 Å². The Morgan fingerprint density at radius 1 is 1.31 bits per heavy atom. The number of hydrogen-bond donors (Lipinski definition) is 1. The predicted octanol–water partition coefficient (Wildman–Crippen LogP) is 1.64. The Labute approximate surface area is 91.8 Å². The van der Waals surface area contributed by atoms with Gasteiger partial charge in [-0.05, 0) is 12.1 Å². The van der Waals surface area contributed by atoms with Crippen LogP contribution < -0.4 is 5.43 Å². The highest BCUT2D eigenvalue weighted by Gasteiger charge is 2.19. The third-order valence-electron chi connectivity index (χ3n) is 1.83. The first-order valence-corrected chi connectivity index (χ1v) is 4.47. The van der Waals surface area contributed by atoms with Crippen LogP contribution in [0, 0.1) is 11.6 Å². The van der Waals surface area contributed by atoms with Gasteiger partial charge < -0.3 is 10.2 Å². The Morgan fingerprint density at radius 2 is 1.94 bits per heavy atom. The van der Waals surface area contributed by atoms with E-state index in [9.17, 15) is 13.6 Å². The SMILES string of the molecule is COC(=O)c1ccc(NN(C)C)c(F)c1F.